The summed E-state index contributed by atoms with van der Waals surface area (Å²) in [6, 6.07) is 6.98. The lowest BCUT2D eigenvalue weighted by molar-refractivity contribution is -0.199. The lowest BCUT2D eigenvalue weighted by Gasteiger charge is -2.66. The van der Waals surface area contributed by atoms with Gasteiger partial charge in [0.1, 0.15) is 6.10 Å². The average molecular weight is 461 g/mol. The third-order valence-corrected chi connectivity index (χ3v) is 10.7. The van der Waals surface area contributed by atoms with Crippen LogP contribution in [-0.2, 0) is 14.8 Å². The van der Waals surface area contributed by atoms with Crippen molar-refractivity contribution in [3.63, 3.8) is 0 Å². The maximum atomic E-state index is 12.9. The van der Waals surface area contributed by atoms with Crippen molar-refractivity contribution in [3.05, 3.63) is 29.8 Å². The normalized spacial score (nSPS) is 33.9. The first-order chi connectivity index (χ1) is 15.2. The van der Waals surface area contributed by atoms with Gasteiger partial charge in [-0.05, 0) is 81.3 Å². The fourth-order valence-corrected chi connectivity index (χ4v) is 8.85. The van der Waals surface area contributed by atoms with E-state index in [4.69, 9.17) is 0 Å². The van der Waals surface area contributed by atoms with Crippen molar-refractivity contribution in [3.8, 4) is 0 Å². The number of nitrogens with one attached hydrogen (secondary N) is 1. The van der Waals surface area contributed by atoms with Gasteiger partial charge in [0.2, 0.25) is 15.9 Å². The summed E-state index contributed by atoms with van der Waals surface area (Å²) in [6.45, 7) is 3.38. The monoisotopic (exact) mass is 460 g/mol. The molecule has 2 N–H and O–H groups in total. The lowest BCUT2D eigenvalue weighted by atomic mass is 9.39. The molecule has 3 bridgehead atoms. The molecule has 6 rings (SSSR count). The molecule has 7 heteroatoms. The van der Waals surface area contributed by atoms with Crippen LogP contribution < -0.4 is 5.32 Å². The Morgan fingerprint density at radius 3 is 2.50 bits per heavy atom. The zero-order chi connectivity index (χ0) is 22.6. The first-order valence-electron chi connectivity index (χ1n) is 12.2. The molecule has 0 aromatic heterocycles. The molecule has 1 aliphatic heterocycles. The number of hydrogen-bond donors (Lipinski definition) is 2. The summed E-state index contributed by atoms with van der Waals surface area (Å²) in [5.74, 6) is 0.703. The smallest absolute Gasteiger partial charge is 0.249 e. The van der Waals surface area contributed by atoms with E-state index in [0.717, 1.165) is 37.7 Å². The molecule has 176 valence electrons. The van der Waals surface area contributed by atoms with Crippen LogP contribution in [0.4, 0.5) is 0 Å². The fraction of sp³-hybridized carbons (Fsp3) is 0.720. The second kappa shape index (κ2) is 8.10. The molecular formula is C25H36N2O4S. The van der Waals surface area contributed by atoms with E-state index in [2.05, 4.69) is 5.32 Å². The van der Waals surface area contributed by atoms with Crippen LogP contribution in [0.1, 0.15) is 63.4 Å². The van der Waals surface area contributed by atoms with Gasteiger partial charge in [-0.15, -0.1) is 0 Å². The Morgan fingerprint density at radius 1 is 1.16 bits per heavy atom. The van der Waals surface area contributed by atoms with Crippen LogP contribution >= 0.6 is 0 Å². The van der Waals surface area contributed by atoms with Gasteiger partial charge in [-0.1, -0.05) is 30.5 Å². The van der Waals surface area contributed by atoms with Gasteiger partial charge in [0, 0.05) is 25.0 Å². The second-order valence-corrected chi connectivity index (χ2v) is 13.1. The van der Waals surface area contributed by atoms with E-state index in [1.807, 2.05) is 19.1 Å². The maximum Gasteiger partial charge on any atom is 0.249 e. The quantitative estimate of drug-likeness (QED) is 0.682. The summed E-state index contributed by atoms with van der Waals surface area (Å²) in [7, 11) is -3.47. The highest BCUT2D eigenvalue weighted by Gasteiger charge is 2.64. The fourth-order valence-electron chi connectivity index (χ4n) is 7.38. The van der Waals surface area contributed by atoms with Gasteiger partial charge in [0.05, 0.1) is 4.90 Å². The molecule has 1 heterocycles. The Balaban J connectivity index is 1.11. The van der Waals surface area contributed by atoms with E-state index in [1.165, 1.54) is 25.7 Å². The largest absolute Gasteiger partial charge is 0.383 e. The number of carbonyl (C=O) groups is 1. The molecule has 32 heavy (non-hydrogen) atoms. The molecule has 1 aromatic rings. The maximum absolute atomic E-state index is 12.9. The van der Waals surface area contributed by atoms with Gasteiger partial charge in [-0.2, -0.15) is 4.31 Å². The van der Waals surface area contributed by atoms with Crippen molar-refractivity contribution in [1.82, 2.24) is 9.62 Å². The van der Waals surface area contributed by atoms with E-state index in [0.29, 0.717) is 35.9 Å². The van der Waals surface area contributed by atoms with Gasteiger partial charge < -0.3 is 10.4 Å². The average Bonchev–Trinajstić information content (AvgIpc) is 2.76. The van der Waals surface area contributed by atoms with Crippen molar-refractivity contribution in [2.24, 2.45) is 22.7 Å². The van der Waals surface area contributed by atoms with Crippen molar-refractivity contribution < 1.29 is 18.3 Å². The highest BCUT2D eigenvalue weighted by molar-refractivity contribution is 7.89. The number of amides is 1. The van der Waals surface area contributed by atoms with E-state index >= 15 is 0 Å². The second-order valence-electron chi connectivity index (χ2n) is 11.2. The van der Waals surface area contributed by atoms with Gasteiger partial charge in [0.15, 0.2) is 0 Å². The SMILES string of the molecule is Cc1ccc(S(=O)(=O)N2CCC(CNC(=O)C(O)C34CC5CCCC(C5)(C3)C4)CC2)cc1. The van der Waals surface area contributed by atoms with Gasteiger partial charge >= 0.3 is 0 Å². The van der Waals surface area contributed by atoms with Crippen molar-refractivity contribution in [1.29, 1.82) is 0 Å². The summed E-state index contributed by atoms with van der Waals surface area (Å²) in [4.78, 5) is 13.1. The lowest BCUT2D eigenvalue weighted by Crippen LogP contribution is -2.63. The summed E-state index contributed by atoms with van der Waals surface area (Å²) < 4.78 is 27.3. The number of benzene rings is 1. The number of sulfonamides is 1. The standard InChI is InChI=1S/C25H36N2O4S/c1-18-4-6-21(7-5-18)32(30,31)27-11-8-19(9-12-27)15-26-23(29)22(28)25-14-20-3-2-10-24(13-20,16-25)17-25/h4-7,19-20,22,28H,2-3,8-17H2,1H3,(H,26,29). The Morgan fingerprint density at radius 2 is 1.84 bits per heavy atom. The van der Waals surface area contributed by atoms with Crippen LogP contribution in [-0.4, -0.2) is 49.5 Å². The van der Waals surface area contributed by atoms with Gasteiger partial charge in [-0.3, -0.25) is 4.79 Å². The molecule has 4 saturated carbocycles. The molecule has 1 spiro atoms. The molecule has 6 nitrogen and oxygen atoms in total. The summed E-state index contributed by atoms with van der Waals surface area (Å²) in [5.41, 5.74) is 1.26. The number of nitrogens with zero attached hydrogens (tertiary/aromatic N) is 1. The van der Waals surface area contributed by atoms with E-state index < -0.39 is 16.1 Å². The summed E-state index contributed by atoms with van der Waals surface area (Å²) >= 11 is 0. The van der Waals surface area contributed by atoms with Gasteiger partial charge in [-0.25, -0.2) is 8.42 Å². The van der Waals surface area contributed by atoms with Crippen molar-refractivity contribution >= 4 is 15.9 Å². The highest BCUT2D eigenvalue weighted by Crippen LogP contribution is 2.70. The minimum absolute atomic E-state index is 0.196. The van der Waals surface area contributed by atoms with Crippen LogP contribution in [0.15, 0.2) is 29.2 Å². The van der Waals surface area contributed by atoms with Crippen LogP contribution in [0.25, 0.3) is 0 Å². The molecule has 2 atom stereocenters. The number of hydrogen-bond acceptors (Lipinski definition) is 4. The summed E-state index contributed by atoms with van der Waals surface area (Å²) in [5, 5.41) is 13.9. The molecule has 1 amide bonds. The number of piperidine rings is 1. The van der Waals surface area contributed by atoms with Crippen LogP contribution in [0.3, 0.4) is 0 Å². The topological polar surface area (TPSA) is 86.7 Å². The Kier molecular flexibility index (Phi) is 5.66. The third kappa shape index (κ3) is 3.90. The number of carbonyl (C=O) groups excluding carboxylic acids is 1. The minimum Gasteiger partial charge on any atom is -0.383 e. The Bertz CT molecular complexity index is 955. The Labute approximate surface area is 191 Å². The van der Waals surface area contributed by atoms with Gasteiger partial charge in [0.25, 0.3) is 0 Å². The Hall–Kier alpha value is -1.44. The molecule has 1 aromatic carbocycles. The molecule has 4 aliphatic carbocycles. The number of aliphatic hydroxyl groups is 1. The predicted molar refractivity (Wildman–Crippen MR) is 122 cm³/mol. The summed E-state index contributed by atoms with van der Waals surface area (Å²) in [6.07, 6.45) is 8.69. The van der Waals surface area contributed by atoms with Crippen LogP contribution in [0, 0.1) is 29.6 Å². The van der Waals surface area contributed by atoms with Crippen LogP contribution in [0.2, 0.25) is 0 Å². The van der Waals surface area contributed by atoms with Crippen molar-refractivity contribution in [2.45, 2.75) is 75.7 Å². The van der Waals surface area contributed by atoms with E-state index in [9.17, 15) is 18.3 Å². The third-order valence-electron chi connectivity index (χ3n) is 8.82. The van der Waals surface area contributed by atoms with E-state index in [1.54, 1.807) is 16.4 Å². The zero-order valence-electron chi connectivity index (χ0n) is 19.1. The number of aryl methyl sites for hydroxylation is 1. The molecule has 1 saturated heterocycles. The minimum atomic E-state index is -3.47. The first kappa shape index (κ1) is 22.4. The van der Waals surface area contributed by atoms with E-state index in [-0.39, 0.29) is 17.2 Å². The number of aliphatic hydroxyl groups excluding tert-OH is 1. The predicted octanol–water partition coefficient (Wildman–Crippen LogP) is 3.23. The molecule has 5 aliphatic rings. The zero-order valence-corrected chi connectivity index (χ0v) is 19.9. The molecule has 2 unspecified atom stereocenters. The first-order valence-corrected chi connectivity index (χ1v) is 13.7. The van der Waals surface area contributed by atoms with Crippen LogP contribution in [0.5, 0.6) is 0 Å². The highest BCUT2D eigenvalue weighted by atomic mass is 32.2. The number of rotatable bonds is 6. The van der Waals surface area contributed by atoms with Crippen molar-refractivity contribution in [2.75, 3.05) is 19.6 Å². The molecule has 5 fully saturated rings. The molecule has 0 radical (unpaired) electrons. The molecular weight excluding hydrogens is 424 g/mol.